The Bertz CT molecular complexity index is 1880. The van der Waals surface area contributed by atoms with Crippen LogP contribution in [0.4, 0.5) is 5.82 Å². The smallest absolute Gasteiger partial charge is 0.459 e. The number of carbonyl (C=O) groups excluding carboxylic acids is 3. The van der Waals surface area contributed by atoms with Crippen LogP contribution in [0.2, 0.25) is 0 Å². The Morgan fingerprint density at radius 3 is 2.33 bits per heavy atom. The highest BCUT2D eigenvalue weighted by atomic mass is 31.2. The van der Waals surface area contributed by atoms with Crippen molar-refractivity contribution < 1.29 is 46.9 Å². The van der Waals surface area contributed by atoms with E-state index in [0.29, 0.717) is 11.4 Å². The van der Waals surface area contributed by atoms with E-state index >= 15 is 0 Å². The van der Waals surface area contributed by atoms with Crippen molar-refractivity contribution in [3.63, 3.8) is 0 Å². The molecule has 292 valence electrons. The number of esters is 3. The first kappa shape index (κ1) is 40.6. The van der Waals surface area contributed by atoms with Crippen molar-refractivity contribution in [1.82, 2.24) is 19.7 Å². The lowest BCUT2D eigenvalue weighted by Gasteiger charge is -2.31. The van der Waals surface area contributed by atoms with Gasteiger partial charge in [0.05, 0.1) is 24.1 Å². The monoisotopic (exact) mass is 768 g/mol. The zero-order valence-corrected chi connectivity index (χ0v) is 32.3. The van der Waals surface area contributed by atoms with E-state index in [4.69, 9.17) is 33.7 Å². The number of hydrogen-bond donors (Lipinski definition) is 2. The molecule has 3 heterocycles. The van der Waals surface area contributed by atoms with Crippen LogP contribution < -0.4 is 15.3 Å². The van der Waals surface area contributed by atoms with Gasteiger partial charge in [0.15, 0.2) is 18.0 Å². The van der Waals surface area contributed by atoms with Gasteiger partial charge >= 0.3 is 25.7 Å². The summed E-state index contributed by atoms with van der Waals surface area (Å²) in [6.45, 7) is 9.46. The Kier molecular flexibility index (Phi) is 13.0. The molecule has 0 bridgehead atoms. The van der Waals surface area contributed by atoms with E-state index in [0.717, 1.165) is 25.7 Å². The van der Waals surface area contributed by atoms with Crippen LogP contribution in [0.5, 0.6) is 5.75 Å². The largest absolute Gasteiger partial charge is 0.464 e. The Labute approximate surface area is 314 Å². The molecule has 2 aliphatic rings. The predicted molar refractivity (Wildman–Crippen MR) is 194 cm³/mol. The summed E-state index contributed by atoms with van der Waals surface area (Å²) in [5, 5.41) is 17.8. The van der Waals surface area contributed by atoms with Gasteiger partial charge in [0.25, 0.3) is 0 Å². The average Bonchev–Trinajstić information content (AvgIpc) is 3.70. The van der Waals surface area contributed by atoms with Crippen LogP contribution in [0.3, 0.4) is 0 Å². The SMILES string of the molecule is CC1CCC(COC(=O)[C@H](C)NP(=O)(OC[C@@]2(C#N)O[C@@H](c3ccc4c(N)ncnn34)[C@H](OC(=O)C(C)C)[C@@H]2OC(=O)C(C)C)Oc2ccccc2)CC1. The fourth-order valence-corrected chi connectivity index (χ4v) is 7.78. The van der Waals surface area contributed by atoms with Crippen LogP contribution in [0.25, 0.3) is 5.52 Å². The molecular weight excluding hydrogens is 719 g/mol. The Morgan fingerprint density at radius 1 is 1.02 bits per heavy atom. The normalized spacial score (nSPS) is 25.8. The topological polar surface area (TPSA) is 216 Å². The molecule has 1 saturated heterocycles. The van der Waals surface area contributed by atoms with Crippen molar-refractivity contribution in [3.8, 4) is 11.8 Å². The van der Waals surface area contributed by atoms with Crippen LogP contribution in [-0.4, -0.2) is 69.6 Å². The van der Waals surface area contributed by atoms with Gasteiger partial charge in [-0.3, -0.25) is 18.9 Å². The Morgan fingerprint density at radius 2 is 1.69 bits per heavy atom. The van der Waals surface area contributed by atoms with Crippen LogP contribution in [0.1, 0.15) is 79.0 Å². The first-order valence-corrected chi connectivity index (χ1v) is 19.7. The molecule has 0 spiro atoms. The van der Waals surface area contributed by atoms with E-state index < -0.39 is 74.1 Å². The van der Waals surface area contributed by atoms with Gasteiger partial charge in [-0.05, 0) is 55.9 Å². The van der Waals surface area contributed by atoms with Gasteiger partial charge < -0.3 is 29.2 Å². The minimum absolute atomic E-state index is 0.130. The predicted octanol–water partition coefficient (Wildman–Crippen LogP) is 5.33. The number of nitrogens with one attached hydrogen (secondary N) is 1. The van der Waals surface area contributed by atoms with Crippen LogP contribution >= 0.6 is 7.75 Å². The number of ether oxygens (including phenoxy) is 4. The molecule has 3 N–H and O–H groups in total. The molecule has 2 aromatic heterocycles. The summed E-state index contributed by atoms with van der Waals surface area (Å²) in [5.74, 6) is -2.21. The van der Waals surface area contributed by atoms with Crippen molar-refractivity contribution in [3.05, 3.63) is 54.5 Å². The van der Waals surface area contributed by atoms with Gasteiger partial charge in [0.2, 0.25) is 5.60 Å². The number of anilines is 1. The fourth-order valence-electron chi connectivity index (χ4n) is 6.26. The molecule has 5 rings (SSSR count). The molecule has 1 saturated carbocycles. The van der Waals surface area contributed by atoms with Gasteiger partial charge in [0, 0.05) is 0 Å². The van der Waals surface area contributed by atoms with Crippen molar-refractivity contribution in [2.45, 2.75) is 97.2 Å². The quantitative estimate of drug-likeness (QED) is 0.113. The molecular formula is C37H49N6O10P. The van der Waals surface area contributed by atoms with Gasteiger partial charge in [-0.2, -0.15) is 15.4 Å². The van der Waals surface area contributed by atoms with E-state index in [-0.39, 0.29) is 29.8 Å². The van der Waals surface area contributed by atoms with E-state index in [1.54, 1.807) is 58.0 Å². The summed E-state index contributed by atoms with van der Waals surface area (Å²) in [7, 11) is -4.56. The number of aromatic nitrogens is 3. The summed E-state index contributed by atoms with van der Waals surface area (Å²) in [6.07, 6.45) is 0.916. The van der Waals surface area contributed by atoms with E-state index in [2.05, 4.69) is 22.1 Å². The molecule has 1 unspecified atom stereocenters. The molecule has 17 heteroatoms. The Balaban J connectivity index is 1.48. The zero-order valence-electron chi connectivity index (χ0n) is 31.4. The average molecular weight is 769 g/mol. The number of hydrogen-bond acceptors (Lipinski definition) is 14. The third kappa shape index (κ3) is 9.38. The molecule has 1 aliphatic heterocycles. The van der Waals surface area contributed by atoms with Gasteiger partial charge in [-0.15, -0.1) is 0 Å². The number of nitrogens with two attached hydrogens (primary N) is 1. The second-order valence-electron chi connectivity index (χ2n) is 14.6. The summed E-state index contributed by atoms with van der Waals surface area (Å²) in [5.41, 5.74) is 4.52. The molecule has 2 fully saturated rings. The molecule has 3 aromatic rings. The molecule has 54 heavy (non-hydrogen) atoms. The standard InChI is InChI=1S/C37H49N6O10P/c1-22(2)34(44)50-31-30(28-16-17-29-33(39)40-21-41-43(28)29)52-37(19-38,32(31)51-35(45)23(3)4)20-49-54(47,53-27-10-8-7-9-11-27)42-25(6)36(46)48-18-26-14-12-24(5)13-15-26/h7-11,16-17,21-26,30-32H,12-15,18,20H2,1-6H3,(H,42,47)(H2,39,40,41)/t24?,25-,26?,30-,31-,32-,37+,54?/m0/s1. The molecule has 0 radical (unpaired) electrons. The molecule has 0 amide bonds. The van der Waals surface area contributed by atoms with Crippen LogP contribution in [0, 0.1) is 35.0 Å². The Hall–Kier alpha value is -4.55. The zero-order chi connectivity index (χ0) is 39.2. The number of nitriles is 1. The minimum Gasteiger partial charge on any atom is -0.464 e. The van der Waals surface area contributed by atoms with Gasteiger partial charge in [0.1, 0.15) is 42.4 Å². The second kappa shape index (κ2) is 17.3. The van der Waals surface area contributed by atoms with E-state index in [9.17, 15) is 24.2 Å². The number of benzene rings is 1. The van der Waals surface area contributed by atoms with E-state index in [1.165, 1.54) is 29.9 Å². The first-order chi connectivity index (χ1) is 25.6. The lowest BCUT2D eigenvalue weighted by Crippen LogP contribution is -2.50. The third-order valence-electron chi connectivity index (χ3n) is 9.54. The van der Waals surface area contributed by atoms with E-state index in [1.807, 2.05) is 6.07 Å². The fraction of sp³-hybridized carbons (Fsp3) is 0.568. The summed E-state index contributed by atoms with van der Waals surface area (Å²) in [4.78, 5) is 43.6. The summed E-state index contributed by atoms with van der Waals surface area (Å²) in [6, 6.07) is 12.2. The number of fused-ring (bicyclic) bond motifs is 1. The highest BCUT2D eigenvalue weighted by molar-refractivity contribution is 7.52. The van der Waals surface area contributed by atoms with Crippen LogP contribution in [-0.2, 0) is 42.4 Å². The molecule has 16 nitrogen and oxygen atoms in total. The van der Waals surface area contributed by atoms with Crippen molar-refractivity contribution in [1.29, 1.82) is 5.26 Å². The summed E-state index contributed by atoms with van der Waals surface area (Å²) < 4.78 is 51.7. The highest BCUT2D eigenvalue weighted by Gasteiger charge is 2.62. The maximum atomic E-state index is 14.6. The van der Waals surface area contributed by atoms with Crippen molar-refractivity contribution in [2.75, 3.05) is 18.9 Å². The van der Waals surface area contributed by atoms with Crippen molar-refractivity contribution in [2.24, 2.45) is 23.7 Å². The lowest BCUT2D eigenvalue weighted by molar-refractivity contribution is -0.173. The molecule has 1 aromatic carbocycles. The number of nitrogen functional groups attached to an aromatic ring is 1. The number of nitrogens with zero attached hydrogens (tertiary/aromatic N) is 4. The number of carbonyl (C=O) groups is 3. The number of para-hydroxylation sites is 1. The van der Waals surface area contributed by atoms with Gasteiger partial charge in [-0.1, -0.05) is 65.7 Å². The third-order valence-corrected chi connectivity index (χ3v) is 11.2. The second-order valence-corrected chi connectivity index (χ2v) is 16.3. The molecule has 6 atom stereocenters. The highest BCUT2D eigenvalue weighted by Crippen LogP contribution is 2.50. The number of rotatable bonds is 15. The van der Waals surface area contributed by atoms with Gasteiger partial charge in [-0.25, -0.2) is 14.1 Å². The minimum atomic E-state index is -4.56. The lowest BCUT2D eigenvalue weighted by atomic mass is 9.83. The first-order valence-electron chi connectivity index (χ1n) is 18.2. The summed E-state index contributed by atoms with van der Waals surface area (Å²) >= 11 is 0. The maximum absolute atomic E-state index is 14.6. The van der Waals surface area contributed by atoms with Crippen LogP contribution in [0.15, 0.2) is 48.8 Å². The maximum Gasteiger partial charge on any atom is 0.459 e. The van der Waals surface area contributed by atoms with Crippen molar-refractivity contribution >= 4 is 37.0 Å². The molecule has 1 aliphatic carbocycles.